The lowest BCUT2D eigenvalue weighted by atomic mass is 10.2. The highest BCUT2D eigenvalue weighted by Crippen LogP contribution is 2.13. The topological polar surface area (TPSA) is 54.0 Å². The summed E-state index contributed by atoms with van der Waals surface area (Å²) in [4.78, 5) is 16.0. The smallest absolute Gasteiger partial charge is 0.255 e. The van der Waals surface area contributed by atoms with Crippen LogP contribution in [0.25, 0.3) is 0 Å². The van der Waals surface area contributed by atoms with Crippen LogP contribution >= 0.6 is 11.6 Å². The summed E-state index contributed by atoms with van der Waals surface area (Å²) >= 11 is 5.81. The van der Waals surface area contributed by atoms with E-state index in [9.17, 15) is 4.79 Å². The van der Waals surface area contributed by atoms with Gasteiger partial charge in [0.25, 0.3) is 5.91 Å². The molecule has 0 atom stereocenters. The van der Waals surface area contributed by atoms with E-state index in [2.05, 4.69) is 15.6 Å². The summed E-state index contributed by atoms with van der Waals surface area (Å²) < 4.78 is 0. The van der Waals surface area contributed by atoms with Gasteiger partial charge in [-0.2, -0.15) is 0 Å². The van der Waals surface area contributed by atoms with Crippen molar-refractivity contribution in [2.45, 2.75) is 6.54 Å². The van der Waals surface area contributed by atoms with Gasteiger partial charge in [0, 0.05) is 36.7 Å². The minimum Gasteiger partial charge on any atom is -0.387 e. The molecular formula is C14H14ClN3O. The van der Waals surface area contributed by atoms with E-state index >= 15 is 0 Å². The van der Waals surface area contributed by atoms with E-state index < -0.39 is 0 Å². The number of rotatable bonds is 4. The van der Waals surface area contributed by atoms with E-state index in [0.29, 0.717) is 17.1 Å². The molecule has 0 aliphatic carbocycles. The first-order valence-corrected chi connectivity index (χ1v) is 6.23. The zero-order valence-corrected chi connectivity index (χ0v) is 11.2. The molecule has 19 heavy (non-hydrogen) atoms. The number of carbonyl (C=O) groups is 1. The molecule has 2 rings (SSSR count). The highest BCUT2D eigenvalue weighted by Gasteiger charge is 2.09. The average Bonchev–Trinajstić information content (AvgIpc) is 2.46. The van der Waals surface area contributed by atoms with Crippen molar-refractivity contribution in [2.75, 3.05) is 12.4 Å². The van der Waals surface area contributed by atoms with Crippen LogP contribution in [0, 0.1) is 0 Å². The van der Waals surface area contributed by atoms with Crippen LogP contribution in [0.4, 0.5) is 5.69 Å². The molecule has 5 heteroatoms. The molecule has 1 aromatic carbocycles. The summed E-state index contributed by atoms with van der Waals surface area (Å²) in [5, 5.41) is 6.49. The molecule has 98 valence electrons. The van der Waals surface area contributed by atoms with Crippen molar-refractivity contribution < 1.29 is 4.79 Å². The minimum absolute atomic E-state index is 0.160. The molecule has 4 nitrogen and oxygen atoms in total. The summed E-state index contributed by atoms with van der Waals surface area (Å²) in [6, 6.07) is 9.12. The van der Waals surface area contributed by atoms with E-state index in [1.165, 1.54) is 0 Å². The Balaban J connectivity index is 2.03. The molecule has 1 heterocycles. The summed E-state index contributed by atoms with van der Waals surface area (Å²) in [7, 11) is 1.77. The molecule has 0 saturated heterocycles. The Morgan fingerprint density at radius 2 is 2.00 bits per heavy atom. The number of carbonyl (C=O) groups excluding carboxylic acids is 1. The molecule has 2 N–H and O–H groups in total. The number of nitrogens with zero attached hydrogens (tertiary/aromatic N) is 1. The number of anilines is 1. The second kappa shape index (κ2) is 6.20. The van der Waals surface area contributed by atoms with Crippen LogP contribution < -0.4 is 10.6 Å². The van der Waals surface area contributed by atoms with Gasteiger partial charge < -0.3 is 10.6 Å². The maximum absolute atomic E-state index is 12.0. The molecular weight excluding hydrogens is 262 g/mol. The van der Waals surface area contributed by atoms with Gasteiger partial charge in [-0.15, -0.1) is 0 Å². The minimum atomic E-state index is -0.160. The highest BCUT2D eigenvalue weighted by molar-refractivity contribution is 6.30. The molecule has 0 aliphatic rings. The molecule has 0 unspecified atom stereocenters. The summed E-state index contributed by atoms with van der Waals surface area (Å²) in [5.41, 5.74) is 2.27. The molecule has 1 aromatic heterocycles. The lowest BCUT2D eigenvalue weighted by Crippen LogP contribution is -2.23. The number of aromatic nitrogens is 1. The van der Waals surface area contributed by atoms with Gasteiger partial charge in [0.15, 0.2) is 0 Å². The maximum atomic E-state index is 12.0. The Hall–Kier alpha value is -2.07. The summed E-state index contributed by atoms with van der Waals surface area (Å²) in [6.07, 6.45) is 3.19. The Morgan fingerprint density at radius 3 is 2.68 bits per heavy atom. The van der Waals surface area contributed by atoms with Crippen LogP contribution in [0.3, 0.4) is 0 Å². The van der Waals surface area contributed by atoms with Gasteiger partial charge in [-0.25, -0.2) is 0 Å². The third-order valence-corrected chi connectivity index (χ3v) is 2.95. The predicted molar refractivity (Wildman–Crippen MR) is 76.4 cm³/mol. The number of hydrogen-bond acceptors (Lipinski definition) is 3. The van der Waals surface area contributed by atoms with Gasteiger partial charge in [0.2, 0.25) is 0 Å². The molecule has 0 aliphatic heterocycles. The van der Waals surface area contributed by atoms with Crippen molar-refractivity contribution in [2.24, 2.45) is 0 Å². The molecule has 0 radical (unpaired) electrons. The van der Waals surface area contributed by atoms with E-state index in [4.69, 9.17) is 11.6 Å². The normalized spacial score (nSPS) is 10.0. The van der Waals surface area contributed by atoms with Gasteiger partial charge in [-0.3, -0.25) is 9.78 Å². The molecule has 2 aromatic rings. The second-order valence-corrected chi connectivity index (χ2v) is 4.42. The first kappa shape index (κ1) is 13.4. The van der Waals surface area contributed by atoms with Gasteiger partial charge >= 0.3 is 0 Å². The fraction of sp³-hybridized carbons (Fsp3) is 0.143. The van der Waals surface area contributed by atoms with Crippen molar-refractivity contribution in [3.05, 3.63) is 58.9 Å². The Kier molecular flexibility index (Phi) is 4.36. The molecule has 0 fully saturated rings. The first-order chi connectivity index (χ1) is 9.20. The van der Waals surface area contributed by atoms with E-state index in [1.807, 2.05) is 12.1 Å². The zero-order valence-electron chi connectivity index (χ0n) is 10.5. The van der Waals surface area contributed by atoms with Crippen LogP contribution in [0.1, 0.15) is 15.9 Å². The zero-order chi connectivity index (χ0) is 13.7. The van der Waals surface area contributed by atoms with Gasteiger partial charge in [-0.05, 0) is 23.8 Å². The maximum Gasteiger partial charge on any atom is 0.255 e. The van der Waals surface area contributed by atoms with Gasteiger partial charge in [0.1, 0.15) is 0 Å². The first-order valence-electron chi connectivity index (χ1n) is 5.85. The number of amides is 1. The van der Waals surface area contributed by atoms with Crippen molar-refractivity contribution in [1.29, 1.82) is 0 Å². The third-order valence-electron chi connectivity index (χ3n) is 2.70. The molecule has 1 amide bonds. The fourth-order valence-corrected chi connectivity index (χ4v) is 1.80. The lowest BCUT2D eigenvalue weighted by Gasteiger charge is -2.09. The van der Waals surface area contributed by atoms with Crippen LogP contribution in [0.5, 0.6) is 0 Å². The van der Waals surface area contributed by atoms with E-state index in [0.717, 1.165) is 11.3 Å². The van der Waals surface area contributed by atoms with Crippen LogP contribution in [0.2, 0.25) is 5.02 Å². The van der Waals surface area contributed by atoms with Crippen LogP contribution in [-0.4, -0.2) is 17.9 Å². The monoisotopic (exact) mass is 275 g/mol. The lowest BCUT2D eigenvalue weighted by molar-refractivity contribution is 0.0951. The van der Waals surface area contributed by atoms with Crippen LogP contribution in [-0.2, 0) is 6.54 Å². The molecule has 0 bridgehead atoms. The number of halogens is 1. The Morgan fingerprint density at radius 1 is 1.26 bits per heavy atom. The highest BCUT2D eigenvalue weighted by atomic mass is 35.5. The quantitative estimate of drug-likeness (QED) is 0.902. The SMILES string of the molecule is CNc1ccncc1C(=O)NCc1ccc(Cl)cc1. The molecule has 0 saturated carbocycles. The largest absolute Gasteiger partial charge is 0.387 e. The van der Waals surface area contributed by atoms with Gasteiger partial charge in [0.05, 0.1) is 5.56 Å². The number of benzene rings is 1. The number of hydrogen-bond donors (Lipinski definition) is 2. The van der Waals surface area contributed by atoms with Gasteiger partial charge in [-0.1, -0.05) is 23.7 Å². The molecule has 0 spiro atoms. The fourth-order valence-electron chi connectivity index (χ4n) is 1.67. The predicted octanol–water partition coefficient (Wildman–Crippen LogP) is 2.71. The Labute approximate surface area is 116 Å². The standard InChI is InChI=1S/C14H14ClN3O/c1-16-13-6-7-17-9-12(13)14(19)18-8-10-2-4-11(15)5-3-10/h2-7,9H,8H2,1H3,(H,16,17)(H,18,19). The second-order valence-electron chi connectivity index (χ2n) is 3.98. The summed E-state index contributed by atoms with van der Waals surface area (Å²) in [6.45, 7) is 0.452. The van der Waals surface area contributed by atoms with E-state index in [1.54, 1.807) is 37.6 Å². The summed E-state index contributed by atoms with van der Waals surface area (Å²) in [5.74, 6) is -0.160. The number of pyridine rings is 1. The number of nitrogens with one attached hydrogen (secondary N) is 2. The van der Waals surface area contributed by atoms with Crippen molar-refractivity contribution in [1.82, 2.24) is 10.3 Å². The van der Waals surface area contributed by atoms with Crippen LogP contribution in [0.15, 0.2) is 42.7 Å². The van der Waals surface area contributed by atoms with Crippen molar-refractivity contribution in [3.8, 4) is 0 Å². The Bertz CT molecular complexity index is 569. The van der Waals surface area contributed by atoms with Crippen molar-refractivity contribution in [3.63, 3.8) is 0 Å². The van der Waals surface area contributed by atoms with Crippen molar-refractivity contribution >= 4 is 23.2 Å². The van der Waals surface area contributed by atoms with E-state index in [-0.39, 0.29) is 5.91 Å². The third kappa shape index (κ3) is 3.45. The average molecular weight is 276 g/mol.